The quantitative estimate of drug-likeness (QED) is 0.00703. The van der Waals surface area contributed by atoms with Crippen LogP contribution in [0.15, 0.2) is 123 Å². The molecule has 1 aliphatic carbocycles. The van der Waals surface area contributed by atoms with E-state index in [1.165, 1.54) is 78.5 Å². The van der Waals surface area contributed by atoms with E-state index in [4.69, 9.17) is 43.0 Å². The fourth-order valence-corrected chi connectivity index (χ4v) is 22.9. The summed E-state index contributed by atoms with van der Waals surface area (Å²) in [6.45, 7) is 19.9. The Balaban J connectivity index is 0.000000214. The number of aromatic nitrogens is 12. The molecule has 5 aliphatic heterocycles. The van der Waals surface area contributed by atoms with Gasteiger partial charge in [-0.15, -0.1) is 52.7 Å². The van der Waals surface area contributed by atoms with E-state index in [1.54, 1.807) is 17.8 Å². The molecule has 10 heterocycles. The van der Waals surface area contributed by atoms with Crippen LogP contribution in [0, 0.1) is 11.8 Å². The van der Waals surface area contributed by atoms with Crippen molar-refractivity contribution in [3.05, 3.63) is 202 Å². The zero-order chi connectivity index (χ0) is 112. The molecule has 831 valence electrons. The molecule has 51 heteroatoms. The van der Waals surface area contributed by atoms with Crippen molar-refractivity contribution >= 4 is 116 Å². The van der Waals surface area contributed by atoms with Crippen molar-refractivity contribution in [1.29, 1.82) is 0 Å². The summed E-state index contributed by atoms with van der Waals surface area (Å²) in [5.41, 5.74) is -0.861. The van der Waals surface area contributed by atoms with Crippen molar-refractivity contribution in [3.63, 3.8) is 0 Å². The second-order valence-electron chi connectivity index (χ2n) is 42.5. The van der Waals surface area contributed by atoms with Crippen LogP contribution in [-0.4, -0.2) is 385 Å². The summed E-state index contributed by atoms with van der Waals surface area (Å²) in [7, 11) is 6.05. The number of hydrogen-bond acceptors (Lipinski definition) is 33. The number of ether oxygens (including phenoxy) is 8. The molecule has 22 atom stereocenters. The second kappa shape index (κ2) is 53.0. The number of benzene rings is 2. The Bertz CT molecular complexity index is 6800. The Morgan fingerprint density at radius 3 is 1.15 bits per heavy atom. The number of ketones is 2. The number of methoxy groups -OCH3 is 1. The number of aryl methyl sites for hydroxylation is 2. The number of aliphatic hydroxyl groups is 9. The molecule has 13 rings (SSSR count). The molecule has 0 amide bonds. The summed E-state index contributed by atoms with van der Waals surface area (Å²) in [4.78, 5) is 179. The summed E-state index contributed by atoms with van der Waals surface area (Å²) in [6, 6.07) is 15.7. The van der Waals surface area contributed by atoms with Crippen molar-refractivity contribution in [3.8, 4) is 11.1 Å². The first-order chi connectivity index (χ1) is 69.8. The molecule has 5 aromatic heterocycles. The predicted octanol–water partition coefficient (Wildman–Crippen LogP) is -1.36. The first-order valence-corrected chi connectivity index (χ1v) is 65.0. The molecule has 45 nitrogen and oxygen atoms in total. The summed E-state index contributed by atoms with van der Waals surface area (Å²) in [5.74, 6) is -4.10. The number of carboxylic acids is 1. The Morgan fingerprint density at radius 1 is 0.480 bits per heavy atom. The van der Waals surface area contributed by atoms with Crippen LogP contribution in [0.3, 0.4) is 0 Å². The van der Waals surface area contributed by atoms with Gasteiger partial charge >= 0.3 is 202 Å². The standard InChI is InChI=1S/C33H41N3O9P.C18H30N3O7P.C17H27N2O6P.C16H25N2O6P.C15H25N3O4PSe/c1-20(30(39)45-33(42)43-18-25-23-12-8-6-10-21(23)22-11-7-9-13-24(22)25)14-16-35-31(40)34(2)19-36(32(35)41)29-28(38)27(37)26(44-29)15-17-46(3,4)5;1-11(16(24)25)6-8-20-17(26)19(2)10-21(18(20)27)15-14(23)13(22)12(28-15)7-9-29(3,4)5;1-10(20)8-11-9-19(17(23)18-15(11)22)16-14(24-2)13(21)12(25-16)6-7-26(3,4)5;1-9(19)7-10-8-18(16(23)17-14(10)22)15-13(21)12(20)11(24-15)5-6-25(2,3)4;1-16-7-9-8-18(15(24)17-13(9)21)14-12(20)11(19)10(22-14)5-6-23(2,3)4/h6-13,19-20,25-29,37-38H,3,14-18H2,1-2,4-5H3;10-15,22-23H,3,6-9H2,1-2,4-5H3;9,12-14,16,21H,3,6-8H2,1-2,4-5H3,(H,18,22,23);8,11-13,15,20-21H,2,5-7H2,1,3-4H3,(H,17,22,23);8,10-12,14,16,19-20H,2,5-7H2,1,3-4H3/q+1;;;;/p+1/t20?,26-,27-,28-,29-;11?,12-,13-,14-,15-;12-,13-,14-,16-;11-,12-,13-,15-;10-,11-,12-,14-/m11111/s1. The minimum absolute atomic E-state index is 0.00371. The predicted molar refractivity (Wildman–Crippen MR) is 578 cm³/mol. The van der Waals surface area contributed by atoms with Crippen LogP contribution in [0.25, 0.3) is 11.1 Å². The number of nitrogens with zero attached hydrogens (tertiary/aromatic N) is 10. The number of fused-ring (bicyclic) bond motifs is 3. The SMILES string of the molecule is C=P(C)(C)CC[C@H]1O[C@@H](n2c[n+](C)c(=O)n(CCC(C)C(=O)O)c2=O)[C@H](O)[C@@H]1O.C=P(C)(C)CC[C@H]1O[C@@H](n2c[n+](C)c(=O)n(CCC(C)C(=O)OC(=O)OCC3c4ccccc4-c4ccccc43)c2=O)[C@H](O)[C@@H]1O.C=P(C)(C)CC[C@H]1O[C@@H](n2cc(CC(C)=O)c(=O)[nH]c2=O)[C@H](O)[C@@H]1O.C=P(C)(C)CC[C@H]1O[C@@H](n2cc(CC(C)=O)c(=O)[nH]c2=O)[C@H](OC)[C@@H]1O.C=P(C)(C)CC[C@H]1O[C@@H](n2cc(CNC)c(=O)nc2[Se])[C@H](O)[C@@H]1O. The van der Waals surface area contributed by atoms with E-state index >= 15 is 0 Å². The van der Waals surface area contributed by atoms with Crippen LogP contribution in [0.5, 0.6) is 0 Å². The van der Waals surface area contributed by atoms with Gasteiger partial charge in [-0.25, -0.2) is 42.7 Å². The van der Waals surface area contributed by atoms with Gasteiger partial charge in [0.25, 0.3) is 11.1 Å². The van der Waals surface area contributed by atoms with Crippen LogP contribution in [0.4, 0.5) is 4.79 Å². The van der Waals surface area contributed by atoms with Gasteiger partial charge in [0.05, 0.1) is 63.4 Å². The third-order valence-corrected chi connectivity index (χ3v) is 34.2. The van der Waals surface area contributed by atoms with Gasteiger partial charge in [-0.1, -0.05) is 62.4 Å². The molecule has 1 radical (unpaired) electrons. The second-order valence-corrected chi connectivity index (χ2v) is 64.9. The van der Waals surface area contributed by atoms with Gasteiger partial charge in [-0.3, -0.25) is 47.9 Å². The molecular formula is C99H149N13O32P5Se+2. The van der Waals surface area contributed by atoms with Gasteiger partial charge in [0.15, 0.2) is 12.5 Å². The zero-order valence-electron chi connectivity index (χ0n) is 88.1. The maximum atomic E-state index is 13.4. The maximum absolute atomic E-state index is 13.4. The van der Waals surface area contributed by atoms with Crippen LogP contribution in [0.2, 0.25) is 0 Å². The number of rotatable bonds is 37. The number of aliphatic carboxylic acids is 1. The molecule has 0 spiro atoms. The molecule has 7 aromatic rings. The number of carbonyl (C=O) groups excluding carboxylic acids is 4. The Morgan fingerprint density at radius 2 is 0.807 bits per heavy atom. The van der Waals surface area contributed by atoms with E-state index in [2.05, 4.69) is 134 Å². The van der Waals surface area contributed by atoms with Crippen molar-refractivity contribution in [2.75, 3.05) is 118 Å². The number of aliphatic hydroxyl groups excluding tert-OH is 9. The van der Waals surface area contributed by atoms with Gasteiger partial charge in [-0.05, 0) is 153 Å². The minimum atomic E-state index is -1.41. The van der Waals surface area contributed by atoms with E-state index in [0.717, 1.165) is 85.0 Å². The molecule has 2 unspecified atom stereocenters. The van der Waals surface area contributed by atoms with E-state index in [9.17, 15) is 113 Å². The average Bonchev–Trinajstić information content (AvgIpc) is 1.60. The van der Waals surface area contributed by atoms with E-state index in [-0.39, 0.29) is 79.6 Å². The van der Waals surface area contributed by atoms with Crippen molar-refractivity contribution in [2.24, 2.45) is 25.9 Å². The topological polar surface area (TPSA) is 614 Å². The van der Waals surface area contributed by atoms with E-state index in [0.29, 0.717) is 48.9 Å². The molecular weight excluding hydrogens is 2120 g/mol. The fourth-order valence-electron chi connectivity index (χ4n) is 17.6. The normalized spacial score (nSPS) is 25.0. The first-order valence-electron chi connectivity index (χ1n) is 48.9. The monoisotopic (exact) mass is 2270 g/mol. The van der Waals surface area contributed by atoms with Crippen molar-refractivity contribution < 1.29 is 122 Å². The fraction of sp³-hybridized carbons (Fsp3) is 0.596. The van der Waals surface area contributed by atoms with Crippen molar-refractivity contribution in [2.45, 2.75) is 234 Å². The van der Waals surface area contributed by atoms with Crippen LogP contribution in [-0.2, 0) is 104 Å². The van der Waals surface area contributed by atoms with Crippen LogP contribution >= 0.6 is 34.4 Å². The number of H-pyrrole nitrogens is 2. The molecule has 150 heavy (non-hydrogen) atoms. The molecule has 0 bridgehead atoms. The molecule has 5 fully saturated rings. The molecule has 5 saturated heterocycles. The van der Waals surface area contributed by atoms with Crippen molar-refractivity contribution in [1.82, 2.24) is 52.2 Å². The molecule has 2 aromatic carbocycles. The number of hydrogen-bond donors (Lipinski definition) is 13. The number of carbonyl (C=O) groups is 5. The molecule has 6 aliphatic rings. The summed E-state index contributed by atoms with van der Waals surface area (Å²) in [6.07, 6.45) is 13.2. The summed E-state index contributed by atoms with van der Waals surface area (Å²) in [5, 5.41) is 106. The van der Waals surface area contributed by atoms with Crippen LogP contribution < -0.4 is 70.0 Å². The van der Waals surface area contributed by atoms with Gasteiger partial charge < -0.3 is 74.0 Å². The number of esters is 1. The number of Topliss-reactive ketones (excluding diaryl/α,β-unsaturated/α-hetero) is 2. The van der Waals surface area contributed by atoms with Crippen LogP contribution in [0.1, 0.15) is 138 Å². The summed E-state index contributed by atoms with van der Waals surface area (Å²) >= 11 is 2.72. The zero-order valence-corrected chi connectivity index (χ0v) is 94.3. The van der Waals surface area contributed by atoms with Gasteiger partial charge in [0.1, 0.15) is 67.0 Å². The number of aromatic amines is 2. The van der Waals surface area contributed by atoms with Gasteiger partial charge in [-0.2, -0.15) is 18.3 Å². The molecule has 0 saturated carbocycles. The van der Waals surface area contributed by atoms with E-state index in [1.807, 2.05) is 48.5 Å². The summed E-state index contributed by atoms with van der Waals surface area (Å²) < 4.78 is 55.3. The average molecular weight is 2270 g/mol. The van der Waals surface area contributed by atoms with Gasteiger partial charge in [0.2, 0.25) is 25.1 Å². The molecule has 13 N–H and O–H groups in total. The number of nitrogens with one attached hydrogen (secondary N) is 3. The Labute approximate surface area is 876 Å². The first kappa shape index (κ1) is 125. The number of carboxylic acid groups (broad SMARTS) is 1. The van der Waals surface area contributed by atoms with E-state index < -0.39 is 232 Å². The van der Waals surface area contributed by atoms with Gasteiger partial charge in [0, 0.05) is 49.4 Å². The Hall–Kier alpha value is -8.97. The third-order valence-electron chi connectivity index (χ3n) is 26.2. The Kier molecular flexibility index (Phi) is 44.0. The third kappa shape index (κ3) is 33.1.